The molecule has 0 radical (unpaired) electrons. The van der Waals surface area contributed by atoms with Gasteiger partial charge in [-0.2, -0.15) is 13.2 Å². The van der Waals surface area contributed by atoms with Gasteiger partial charge in [-0.25, -0.2) is 0 Å². The molecule has 2 rings (SSSR count). The highest BCUT2D eigenvalue weighted by molar-refractivity contribution is 5.66. The lowest BCUT2D eigenvalue weighted by molar-refractivity contribution is -0.141. The number of aryl methyl sites for hydroxylation is 1. The summed E-state index contributed by atoms with van der Waals surface area (Å²) in [5.41, 5.74) is 0.761. The first kappa shape index (κ1) is 11.7. The molecular formula is C12H11F3N2. The number of dihydropyridines is 1. The predicted molar refractivity (Wildman–Crippen MR) is 59.1 cm³/mol. The van der Waals surface area contributed by atoms with E-state index >= 15 is 0 Å². The third-order valence-electron chi connectivity index (χ3n) is 2.47. The van der Waals surface area contributed by atoms with Gasteiger partial charge >= 0.3 is 6.18 Å². The van der Waals surface area contributed by atoms with Gasteiger partial charge in [0.05, 0.1) is 0 Å². The van der Waals surface area contributed by atoms with Crippen LogP contribution in [0.15, 0.2) is 30.5 Å². The van der Waals surface area contributed by atoms with Gasteiger partial charge in [-0.15, -0.1) is 0 Å². The Morgan fingerprint density at radius 1 is 1.35 bits per heavy atom. The molecule has 0 aliphatic carbocycles. The molecule has 0 fully saturated rings. The fourth-order valence-corrected chi connectivity index (χ4v) is 1.68. The lowest BCUT2D eigenvalue weighted by Gasteiger charge is -2.14. The smallest absolute Gasteiger partial charge is 0.381 e. The SMILES string of the molecule is Cc1cc(C2=CC=CCN2)cnc1C(F)(F)F. The van der Waals surface area contributed by atoms with Crippen molar-refractivity contribution in [1.29, 1.82) is 0 Å². The van der Waals surface area contributed by atoms with Crippen LogP contribution in [0.2, 0.25) is 0 Å². The molecule has 1 aliphatic heterocycles. The molecule has 2 heterocycles. The van der Waals surface area contributed by atoms with Crippen LogP contribution in [0.5, 0.6) is 0 Å². The highest BCUT2D eigenvalue weighted by Gasteiger charge is 2.34. The minimum atomic E-state index is -4.39. The number of nitrogens with one attached hydrogen (secondary N) is 1. The van der Waals surface area contributed by atoms with Gasteiger partial charge in [0.2, 0.25) is 0 Å². The molecule has 5 heteroatoms. The Balaban J connectivity index is 2.37. The van der Waals surface area contributed by atoms with Crippen LogP contribution >= 0.6 is 0 Å². The Morgan fingerprint density at radius 2 is 2.12 bits per heavy atom. The summed E-state index contributed by atoms with van der Waals surface area (Å²) in [6.45, 7) is 2.09. The predicted octanol–water partition coefficient (Wildman–Crippen LogP) is 2.91. The first-order valence-electron chi connectivity index (χ1n) is 5.13. The van der Waals surface area contributed by atoms with E-state index in [1.54, 1.807) is 0 Å². The molecule has 0 atom stereocenters. The maximum atomic E-state index is 12.5. The van der Waals surface area contributed by atoms with Gasteiger partial charge < -0.3 is 5.32 Å². The number of nitrogens with zero attached hydrogens (tertiary/aromatic N) is 1. The lowest BCUT2D eigenvalue weighted by atomic mass is 10.1. The third kappa shape index (κ3) is 2.49. The molecule has 1 aliphatic rings. The molecule has 90 valence electrons. The van der Waals surface area contributed by atoms with Crippen LogP contribution in [0.3, 0.4) is 0 Å². The maximum absolute atomic E-state index is 12.5. The fraction of sp³-hybridized carbons (Fsp3) is 0.250. The van der Waals surface area contributed by atoms with Gasteiger partial charge in [-0.1, -0.05) is 12.2 Å². The Morgan fingerprint density at radius 3 is 2.65 bits per heavy atom. The normalized spacial score (nSPS) is 15.4. The molecule has 1 aromatic rings. The van der Waals surface area contributed by atoms with E-state index in [1.165, 1.54) is 19.2 Å². The summed E-state index contributed by atoms with van der Waals surface area (Å²) < 4.78 is 37.6. The Labute approximate surface area is 96.9 Å². The van der Waals surface area contributed by atoms with Gasteiger partial charge in [-0.05, 0) is 24.6 Å². The van der Waals surface area contributed by atoms with E-state index < -0.39 is 11.9 Å². The largest absolute Gasteiger partial charge is 0.433 e. The summed E-state index contributed by atoms with van der Waals surface area (Å²) in [5.74, 6) is 0. The molecule has 17 heavy (non-hydrogen) atoms. The average Bonchev–Trinajstić information content (AvgIpc) is 2.28. The van der Waals surface area contributed by atoms with Crippen LogP contribution in [-0.2, 0) is 6.18 Å². The first-order valence-corrected chi connectivity index (χ1v) is 5.13. The van der Waals surface area contributed by atoms with Crippen molar-refractivity contribution >= 4 is 5.70 Å². The van der Waals surface area contributed by atoms with Crippen LogP contribution in [0.4, 0.5) is 13.2 Å². The van der Waals surface area contributed by atoms with Crippen LogP contribution < -0.4 is 5.32 Å². The van der Waals surface area contributed by atoms with Gasteiger partial charge in [0.15, 0.2) is 0 Å². The van der Waals surface area contributed by atoms with Gasteiger partial charge in [0.25, 0.3) is 0 Å². The molecule has 0 unspecified atom stereocenters. The van der Waals surface area contributed by atoms with Gasteiger partial charge in [-0.3, -0.25) is 4.98 Å². The number of aromatic nitrogens is 1. The van der Waals surface area contributed by atoms with E-state index in [1.807, 2.05) is 18.2 Å². The second-order valence-electron chi connectivity index (χ2n) is 3.78. The molecule has 0 saturated carbocycles. The summed E-state index contributed by atoms with van der Waals surface area (Å²) in [4.78, 5) is 3.49. The molecular weight excluding hydrogens is 229 g/mol. The minimum Gasteiger partial charge on any atom is -0.381 e. The molecule has 0 aromatic carbocycles. The quantitative estimate of drug-likeness (QED) is 0.816. The first-order chi connectivity index (χ1) is 7.98. The average molecular weight is 240 g/mol. The molecule has 1 N–H and O–H groups in total. The highest BCUT2D eigenvalue weighted by atomic mass is 19.4. The second kappa shape index (κ2) is 4.24. The Kier molecular flexibility index (Phi) is 2.92. The minimum absolute atomic E-state index is 0.132. The zero-order chi connectivity index (χ0) is 12.5. The lowest BCUT2D eigenvalue weighted by Crippen LogP contribution is -2.16. The van der Waals surface area contributed by atoms with Crippen molar-refractivity contribution in [1.82, 2.24) is 10.3 Å². The zero-order valence-electron chi connectivity index (χ0n) is 9.17. The topological polar surface area (TPSA) is 24.9 Å². The summed E-state index contributed by atoms with van der Waals surface area (Å²) >= 11 is 0. The van der Waals surface area contributed by atoms with Crippen LogP contribution in [0.1, 0.15) is 16.8 Å². The number of hydrogen-bond acceptors (Lipinski definition) is 2. The highest BCUT2D eigenvalue weighted by Crippen LogP contribution is 2.30. The van der Waals surface area contributed by atoms with Crippen molar-refractivity contribution < 1.29 is 13.2 Å². The van der Waals surface area contributed by atoms with E-state index in [0.717, 1.165) is 5.70 Å². The number of halogens is 3. The second-order valence-corrected chi connectivity index (χ2v) is 3.78. The number of hydrogen-bond donors (Lipinski definition) is 1. The van der Waals surface area contributed by atoms with Crippen molar-refractivity contribution in [2.75, 3.05) is 6.54 Å². The zero-order valence-corrected chi connectivity index (χ0v) is 9.17. The van der Waals surface area contributed by atoms with Crippen LogP contribution in [-0.4, -0.2) is 11.5 Å². The molecule has 0 saturated heterocycles. The number of pyridine rings is 1. The van der Waals surface area contributed by atoms with Crippen molar-refractivity contribution in [3.63, 3.8) is 0 Å². The standard InChI is InChI=1S/C12H11F3N2/c1-8-6-9(10-4-2-3-5-16-10)7-17-11(8)12(13,14)15/h2-4,6-7,16H,5H2,1H3. The van der Waals surface area contributed by atoms with Crippen molar-refractivity contribution in [3.8, 4) is 0 Å². The van der Waals surface area contributed by atoms with Gasteiger partial charge in [0, 0.05) is 24.0 Å². The Hall–Kier alpha value is -1.78. The van der Waals surface area contributed by atoms with E-state index in [4.69, 9.17) is 0 Å². The molecule has 0 spiro atoms. The summed E-state index contributed by atoms with van der Waals surface area (Å²) in [6, 6.07) is 1.49. The van der Waals surface area contributed by atoms with Crippen molar-refractivity contribution in [2.24, 2.45) is 0 Å². The number of alkyl halides is 3. The summed E-state index contributed by atoms with van der Waals surface area (Å²) in [6.07, 6.45) is 2.45. The molecule has 0 amide bonds. The molecule has 2 nitrogen and oxygen atoms in total. The molecule has 0 bridgehead atoms. The fourth-order valence-electron chi connectivity index (χ4n) is 1.68. The van der Waals surface area contributed by atoms with E-state index in [9.17, 15) is 13.2 Å². The monoisotopic (exact) mass is 240 g/mol. The number of allylic oxidation sites excluding steroid dienone is 2. The van der Waals surface area contributed by atoms with Crippen molar-refractivity contribution in [3.05, 3.63) is 47.3 Å². The number of rotatable bonds is 1. The van der Waals surface area contributed by atoms with Gasteiger partial charge in [0.1, 0.15) is 5.69 Å². The van der Waals surface area contributed by atoms with E-state index in [2.05, 4.69) is 10.3 Å². The molecule has 1 aromatic heterocycles. The van der Waals surface area contributed by atoms with Crippen LogP contribution in [0, 0.1) is 6.92 Å². The van der Waals surface area contributed by atoms with E-state index in [0.29, 0.717) is 12.1 Å². The summed E-state index contributed by atoms with van der Waals surface area (Å²) in [7, 11) is 0. The summed E-state index contributed by atoms with van der Waals surface area (Å²) in [5, 5.41) is 3.07. The third-order valence-corrected chi connectivity index (χ3v) is 2.47. The maximum Gasteiger partial charge on any atom is 0.433 e. The van der Waals surface area contributed by atoms with Crippen molar-refractivity contribution in [2.45, 2.75) is 13.1 Å². The Bertz CT molecular complexity index is 487. The van der Waals surface area contributed by atoms with E-state index in [-0.39, 0.29) is 5.56 Å². The van der Waals surface area contributed by atoms with Crippen LogP contribution in [0.25, 0.3) is 5.70 Å².